The van der Waals surface area contributed by atoms with Crippen LogP contribution >= 0.6 is 22.9 Å². The van der Waals surface area contributed by atoms with Gasteiger partial charge in [-0.3, -0.25) is 9.52 Å². The number of halogens is 2. The van der Waals surface area contributed by atoms with Crippen LogP contribution in [0.15, 0.2) is 52.2 Å². The predicted molar refractivity (Wildman–Crippen MR) is 132 cm³/mol. The molecule has 8 nitrogen and oxygen atoms in total. The molecule has 0 unspecified atom stereocenters. The number of anilines is 2. The van der Waals surface area contributed by atoms with Crippen molar-refractivity contribution in [1.29, 1.82) is 0 Å². The summed E-state index contributed by atoms with van der Waals surface area (Å²) in [6.45, 7) is 3.53. The van der Waals surface area contributed by atoms with Crippen LogP contribution in [0.2, 0.25) is 5.02 Å². The van der Waals surface area contributed by atoms with E-state index in [1.807, 2.05) is 18.2 Å². The molecule has 2 heterocycles. The maximum absolute atomic E-state index is 14.7. The van der Waals surface area contributed by atoms with E-state index < -0.39 is 20.7 Å². The molecule has 0 aliphatic carbocycles. The van der Waals surface area contributed by atoms with Crippen molar-refractivity contribution >= 4 is 50.9 Å². The lowest BCUT2D eigenvalue weighted by Gasteiger charge is -2.30. The van der Waals surface area contributed by atoms with Gasteiger partial charge in [-0.25, -0.2) is 17.8 Å². The second-order valence-corrected chi connectivity index (χ2v) is 10.2. The molecule has 182 valence electrons. The molecule has 3 N–H and O–H groups in total. The van der Waals surface area contributed by atoms with Gasteiger partial charge in [-0.1, -0.05) is 35.9 Å². The molecule has 0 atom stereocenters. The number of rotatable bonds is 9. The van der Waals surface area contributed by atoms with Gasteiger partial charge in [-0.15, -0.1) is 11.3 Å². The van der Waals surface area contributed by atoms with Crippen molar-refractivity contribution in [3.05, 3.63) is 69.3 Å². The van der Waals surface area contributed by atoms with Crippen LogP contribution < -0.4 is 10.0 Å². The highest BCUT2D eigenvalue weighted by Crippen LogP contribution is 2.30. The van der Waals surface area contributed by atoms with E-state index in [1.165, 1.54) is 34.2 Å². The van der Waals surface area contributed by atoms with E-state index in [2.05, 4.69) is 26.0 Å². The minimum Gasteiger partial charge on any atom is -0.483 e. The number of hydrogen-bond acceptors (Lipinski definition) is 7. The van der Waals surface area contributed by atoms with Crippen LogP contribution in [0.1, 0.15) is 17.5 Å². The summed E-state index contributed by atoms with van der Waals surface area (Å²) < 4.78 is 41.9. The molecule has 0 amide bonds. The minimum atomic E-state index is -4.14. The standard InChI is InChI=1S/C21H22ClFN4O2S2.CH2O2/c22-17-10-20(31(28,29)26-21-13-30-14-25-21)18(23)11-19(17)24-12-16-5-2-1-4-15(16)6-9-27-7-3-8-27;2-1-3/h1-2,4-5,10-11,13-14,24,26H,3,6-9,12H2;1H,(H,2,3). The molecule has 4 rings (SSSR count). The third-order valence-corrected chi connectivity index (χ3v) is 7.48. The second kappa shape index (κ2) is 12.1. The van der Waals surface area contributed by atoms with E-state index in [9.17, 15) is 12.8 Å². The van der Waals surface area contributed by atoms with Crippen LogP contribution in [-0.4, -0.2) is 49.5 Å². The van der Waals surface area contributed by atoms with Crippen molar-refractivity contribution in [3.63, 3.8) is 0 Å². The fraction of sp³-hybridized carbons (Fsp3) is 0.273. The van der Waals surface area contributed by atoms with Gasteiger partial charge in [0.1, 0.15) is 10.7 Å². The van der Waals surface area contributed by atoms with Gasteiger partial charge in [-0.05, 0) is 49.2 Å². The highest BCUT2D eigenvalue weighted by Gasteiger charge is 2.22. The van der Waals surface area contributed by atoms with Gasteiger partial charge in [0.05, 0.1) is 16.2 Å². The monoisotopic (exact) mass is 526 g/mol. The highest BCUT2D eigenvalue weighted by atomic mass is 35.5. The van der Waals surface area contributed by atoms with Gasteiger partial charge in [-0.2, -0.15) is 0 Å². The zero-order valence-corrected chi connectivity index (χ0v) is 20.5. The first-order chi connectivity index (χ1) is 16.3. The number of aromatic nitrogens is 1. The second-order valence-electron chi connectivity index (χ2n) is 7.41. The third kappa shape index (κ3) is 6.89. The van der Waals surface area contributed by atoms with Crippen molar-refractivity contribution in [2.24, 2.45) is 0 Å². The maximum Gasteiger partial charge on any atom is 0.290 e. The van der Waals surface area contributed by atoms with Crippen LogP contribution in [0.25, 0.3) is 0 Å². The average molecular weight is 527 g/mol. The number of nitrogens with zero attached hydrogens (tertiary/aromatic N) is 2. The Labute approximate surface area is 206 Å². The number of likely N-dealkylation sites (tertiary alicyclic amines) is 1. The summed E-state index contributed by atoms with van der Waals surface area (Å²) in [6.07, 6.45) is 2.21. The molecule has 0 bridgehead atoms. The van der Waals surface area contributed by atoms with Crippen molar-refractivity contribution < 1.29 is 22.7 Å². The van der Waals surface area contributed by atoms with Gasteiger partial charge in [0.2, 0.25) is 0 Å². The lowest BCUT2D eigenvalue weighted by Crippen LogP contribution is -2.38. The first-order valence-electron chi connectivity index (χ1n) is 10.3. The Kier molecular flexibility index (Phi) is 9.22. The molecule has 12 heteroatoms. The molecule has 1 aromatic heterocycles. The smallest absolute Gasteiger partial charge is 0.290 e. The minimum absolute atomic E-state index is 0.123. The van der Waals surface area contributed by atoms with Crippen LogP contribution in [0.4, 0.5) is 15.9 Å². The van der Waals surface area contributed by atoms with Crippen molar-refractivity contribution in [3.8, 4) is 0 Å². The maximum atomic E-state index is 14.7. The molecular formula is C22H24ClFN4O4S2. The fourth-order valence-corrected chi connectivity index (χ4v) is 5.31. The number of nitrogens with one attached hydrogen (secondary N) is 2. The number of benzene rings is 2. The number of thiazole rings is 1. The van der Waals surface area contributed by atoms with E-state index in [0.29, 0.717) is 12.2 Å². The zero-order chi connectivity index (χ0) is 24.6. The largest absolute Gasteiger partial charge is 0.483 e. The van der Waals surface area contributed by atoms with Crippen LogP contribution in [0, 0.1) is 5.82 Å². The normalized spacial score (nSPS) is 13.4. The molecule has 0 saturated carbocycles. The number of carboxylic acid groups (broad SMARTS) is 1. The Balaban J connectivity index is 0.00000103. The van der Waals surface area contributed by atoms with Crippen molar-refractivity contribution in [2.75, 3.05) is 29.7 Å². The fourth-order valence-electron chi connectivity index (χ4n) is 3.37. The van der Waals surface area contributed by atoms with Crippen molar-refractivity contribution in [1.82, 2.24) is 9.88 Å². The summed E-state index contributed by atoms with van der Waals surface area (Å²) in [7, 11) is -4.14. The molecule has 1 fully saturated rings. The summed E-state index contributed by atoms with van der Waals surface area (Å²) in [6, 6.07) is 10.3. The summed E-state index contributed by atoms with van der Waals surface area (Å²) in [5.74, 6) is -0.752. The first-order valence-corrected chi connectivity index (χ1v) is 13.2. The van der Waals surface area contributed by atoms with Gasteiger partial charge in [0.25, 0.3) is 16.5 Å². The molecule has 0 radical (unpaired) electrons. The Hall–Kier alpha value is -2.73. The van der Waals surface area contributed by atoms with Crippen molar-refractivity contribution in [2.45, 2.75) is 24.3 Å². The Morgan fingerprint density at radius 1 is 1.24 bits per heavy atom. The molecular weight excluding hydrogens is 503 g/mol. The van der Waals surface area contributed by atoms with E-state index in [4.69, 9.17) is 21.5 Å². The summed E-state index contributed by atoms with van der Waals surface area (Å²) in [5.41, 5.74) is 4.14. The summed E-state index contributed by atoms with van der Waals surface area (Å²) >= 11 is 7.51. The van der Waals surface area contributed by atoms with Gasteiger partial charge in [0, 0.05) is 18.5 Å². The highest BCUT2D eigenvalue weighted by molar-refractivity contribution is 7.92. The molecule has 34 heavy (non-hydrogen) atoms. The number of sulfonamides is 1. The van der Waals surface area contributed by atoms with Crippen LogP contribution in [0.5, 0.6) is 0 Å². The SMILES string of the molecule is O=CO.O=S(=O)(Nc1cscn1)c1cc(Cl)c(NCc2ccccc2CCN2CCC2)cc1F. The van der Waals surface area contributed by atoms with E-state index in [-0.39, 0.29) is 17.3 Å². The number of hydrogen-bond donors (Lipinski definition) is 3. The Morgan fingerprint density at radius 3 is 2.56 bits per heavy atom. The molecule has 1 aliphatic rings. The van der Waals surface area contributed by atoms with E-state index in [1.54, 1.807) is 0 Å². The van der Waals surface area contributed by atoms with E-state index in [0.717, 1.165) is 43.8 Å². The average Bonchev–Trinajstić information content (AvgIpc) is 3.26. The number of carbonyl (C=O) groups is 1. The zero-order valence-electron chi connectivity index (χ0n) is 18.1. The predicted octanol–water partition coefficient (Wildman–Crippen LogP) is 4.30. The quantitative estimate of drug-likeness (QED) is 0.356. The van der Waals surface area contributed by atoms with Crippen LogP contribution in [0.3, 0.4) is 0 Å². The van der Waals surface area contributed by atoms with E-state index >= 15 is 0 Å². The van der Waals surface area contributed by atoms with Gasteiger partial charge < -0.3 is 15.3 Å². The lowest BCUT2D eigenvalue weighted by atomic mass is 10.0. The first kappa shape index (κ1) is 25.9. The molecule has 1 aliphatic heterocycles. The third-order valence-electron chi connectivity index (χ3n) is 5.22. The molecule has 0 spiro atoms. The summed E-state index contributed by atoms with van der Waals surface area (Å²) in [4.78, 5) is 14.1. The van der Waals surface area contributed by atoms with Gasteiger partial charge >= 0.3 is 0 Å². The summed E-state index contributed by atoms with van der Waals surface area (Å²) in [5, 5.41) is 11.7. The molecule has 3 aromatic rings. The molecule has 2 aromatic carbocycles. The Bertz CT molecular complexity index is 1210. The Morgan fingerprint density at radius 2 is 1.94 bits per heavy atom. The topological polar surface area (TPSA) is 112 Å². The van der Waals surface area contributed by atoms with Crippen LogP contribution in [-0.2, 0) is 27.8 Å². The molecule has 1 saturated heterocycles. The van der Waals surface area contributed by atoms with Gasteiger partial charge in [0.15, 0.2) is 5.82 Å². The lowest BCUT2D eigenvalue weighted by molar-refractivity contribution is -0.122.